The maximum absolute atomic E-state index is 11.8. The first-order valence-corrected chi connectivity index (χ1v) is 19.3. The van der Waals surface area contributed by atoms with Crippen molar-refractivity contribution in [3.63, 3.8) is 0 Å². The Labute approximate surface area is 334 Å². The standard InChI is InChI=1S/C21H25NO4.C16H17NO3.C5H8O.CH2Cl2/c23-21(26-16-18-6-2-1-3-7-18)22-14-17-9-11-19(12-10-17)15-25-20-8-4-5-13-24-20;18-11-14-8-6-13(7-9-14)10-17-16(19)20-12-15-4-2-1-3-5-15;1-2-4-6-5-3-1;2-1-3/h1-3,6-7,9-12,20H,4-5,8,13-16H2,(H,22,23);1-9,18H,10-12H2,(H,17,19);2,4H,1,3,5H2;1H2. The van der Waals surface area contributed by atoms with Crippen molar-refractivity contribution in [2.45, 2.75) is 77.9 Å². The van der Waals surface area contributed by atoms with E-state index >= 15 is 0 Å². The molecule has 4 aromatic carbocycles. The van der Waals surface area contributed by atoms with Crippen LogP contribution >= 0.6 is 23.2 Å². The number of hydrogen-bond acceptors (Lipinski definition) is 8. The number of alkyl halides is 2. The summed E-state index contributed by atoms with van der Waals surface area (Å²) in [4.78, 5) is 23.3. The average molecular weight is 796 g/mol. The van der Waals surface area contributed by atoms with Crippen LogP contribution < -0.4 is 10.6 Å². The largest absolute Gasteiger partial charge is 0.502 e. The van der Waals surface area contributed by atoms with Gasteiger partial charge in [0.15, 0.2) is 6.29 Å². The van der Waals surface area contributed by atoms with Gasteiger partial charge in [0.25, 0.3) is 0 Å². The summed E-state index contributed by atoms with van der Waals surface area (Å²) in [6, 6.07) is 34.5. The minimum atomic E-state index is -0.444. The number of allylic oxidation sites excluding steroid dienone is 1. The van der Waals surface area contributed by atoms with Crippen molar-refractivity contribution in [2.24, 2.45) is 0 Å². The number of aliphatic hydroxyl groups is 1. The fourth-order valence-electron chi connectivity index (χ4n) is 4.93. The summed E-state index contributed by atoms with van der Waals surface area (Å²) in [5.41, 5.74) is 5.83. The quantitative estimate of drug-likeness (QED) is 0.121. The normalized spacial score (nSPS) is 14.1. The highest BCUT2D eigenvalue weighted by atomic mass is 35.5. The number of benzene rings is 4. The number of carbonyl (C=O) groups excluding carboxylic acids is 2. The van der Waals surface area contributed by atoms with Gasteiger partial charge in [-0.25, -0.2) is 9.59 Å². The van der Waals surface area contributed by atoms with Crippen LogP contribution in [0.4, 0.5) is 9.59 Å². The van der Waals surface area contributed by atoms with Crippen LogP contribution in [0.1, 0.15) is 65.5 Å². The topological polar surface area (TPSA) is 125 Å². The molecule has 296 valence electrons. The van der Waals surface area contributed by atoms with E-state index in [4.69, 9.17) is 52.0 Å². The Morgan fingerprint density at radius 1 is 0.636 bits per heavy atom. The molecule has 0 bridgehead atoms. The first kappa shape index (κ1) is 44.8. The third-order valence-electron chi connectivity index (χ3n) is 7.93. The summed E-state index contributed by atoms with van der Waals surface area (Å²) in [7, 11) is 0. The minimum absolute atomic E-state index is 0.0207. The van der Waals surface area contributed by atoms with E-state index in [1.54, 1.807) is 6.26 Å². The van der Waals surface area contributed by atoms with Crippen molar-refractivity contribution in [1.29, 1.82) is 0 Å². The van der Waals surface area contributed by atoms with Gasteiger partial charge in [-0.05, 0) is 71.6 Å². The van der Waals surface area contributed by atoms with Gasteiger partial charge in [-0.15, -0.1) is 23.2 Å². The van der Waals surface area contributed by atoms with Crippen molar-refractivity contribution in [3.8, 4) is 0 Å². The molecule has 2 aliphatic heterocycles. The summed E-state index contributed by atoms with van der Waals surface area (Å²) in [6.07, 6.45) is 8.50. The maximum Gasteiger partial charge on any atom is 0.407 e. The molecule has 0 saturated carbocycles. The van der Waals surface area contributed by atoms with Gasteiger partial charge in [-0.1, -0.05) is 109 Å². The molecule has 3 N–H and O–H groups in total. The zero-order chi connectivity index (χ0) is 39.2. The Balaban J connectivity index is 0.000000246. The van der Waals surface area contributed by atoms with Crippen LogP contribution in [0.25, 0.3) is 0 Å². The predicted molar refractivity (Wildman–Crippen MR) is 215 cm³/mol. The van der Waals surface area contributed by atoms with Crippen LogP contribution in [0.3, 0.4) is 0 Å². The van der Waals surface area contributed by atoms with Gasteiger partial charge in [0.1, 0.15) is 13.2 Å². The van der Waals surface area contributed by atoms with Crippen molar-refractivity contribution in [2.75, 3.05) is 18.6 Å². The molecule has 2 amide bonds. The molecule has 2 aliphatic rings. The Hall–Kier alpha value is -4.58. The number of amides is 2. The maximum atomic E-state index is 11.8. The number of ether oxygens (including phenoxy) is 5. The van der Waals surface area contributed by atoms with Crippen molar-refractivity contribution in [3.05, 3.63) is 155 Å². The fourth-order valence-corrected chi connectivity index (χ4v) is 4.93. The second-order valence-corrected chi connectivity index (χ2v) is 13.0. The minimum Gasteiger partial charge on any atom is -0.502 e. The Kier molecular flexibility index (Phi) is 23.5. The molecule has 10 nitrogen and oxygen atoms in total. The van der Waals surface area contributed by atoms with Crippen LogP contribution in [0, 0.1) is 0 Å². The number of alkyl carbamates (subject to hydrolysis) is 2. The summed E-state index contributed by atoms with van der Waals surface area (Å²) >= 11 is 9.53. The number of aliphatic hydroxyl groups excluding tert-OH is 1. The monoisotopic (exact) mass is 794 g/mol. The molecular formula is C43H52Cl2N2O8. The lowest BCUT2D eigenvalue weighted by Gasteiger charge is -2.22. The zero-order valence-corrected chi connectivity index (χ0v) is 32.6. The van der Waals surface area contributed by atoms with Crippen molar-refractivity contribution < 1.29 is 38.4 Å². The SMILES string of the molecule is C1=COCCC1.ClCCl.O=C(NCc1ccc(CO)cc1)OCc1ccccc1.O=C(NCc1ccc(COC2CCCCO2)cc1)OCc1ccccc1. The molecule has 12 heteroatoms. The molecule has 1 saturated heterocycles. The van der Waals surface area contributed by atoms with Crippen molar-refractivity contribution in [1.82, 2.24) is 10.6 Å². The average Bonchev–Trinajstić information content (AvgIpc) is 3.25. The van der Waals surface area contributed by atoms with E-state index in [2.05, 4.69) is 10.6 Å². The number of carbonyl (C=O) groups is 2. The van der Waals surface area contributed by atoms with E-state index in [0.717, 1.165) is 65.9 Å². The van der Waals surface area contributed by atoms with Crippen molar-refractivity contribution >= 4 is 35.4 Å². The summed E-state index contributed by atoms with van der Waals surface area (Å²) in [6.45, 7) is 3.62. The second-order valence-electron chi connectivity index (χ2n) is 12.2. The summed E-state index contributed by atoms with van der Waals surface area (Å²) in [5, 5.41) is 14.6. The smallest absolute Gasteiger partial charge is 0.407 e. The predicted octanol–water partition coefficient (Wildman–Crippen LogP) is 9.49. The van der Waals surface area contributed by atoms with Gasteiger partial charge in [-0.2, -0.15) is 0 Å². The van der Waals surface area contributed by atoms with E-state index in [-0.39, 0.29) is 31.4 Å². The van der Waals surface area contributed by atoms with E-state index in [9.17, 15) is 9.59 Å². The van der Waals surface area contributed by atoms with Crippen LogP contribution in [0.15, 0.2) is 122 Å². The summed E-state index contributed by atoms with van der Waals surface area (Å²) < 4.78 is 26.5. The number of hydrogen-bond donors (Lipinski definition) is 3. The molecular weight excluding hydrogens is 743 g/mol. The van der Waals surface area contributed by atoms with E-state index in [0.29, 0.717) is 19.7 Å². The van der Waals surface area contributed by atoms with Crippen LogP contribution in [0.2, 0.25) is 0 Å². The zero-order valence-electron chi connectivity index (χ0n) is 31.1. The first-order valence-electron chi connectivity index (χ1n) is 18.3. The van der Waals surface area contributed by atoms with Gasteiger partial charge in [0.2, 0.25) is 0 Å². The number of rotatable bonds is 12. The molecule has 6 rings (SSSR count). The highest BCUT2D eigenvalue weighted by Gasteiger charge is 2.14. The molecule has 0 radical (unpaired) electrons. The molecule has 1 atom stereocenters. The number of halogens is 2. The highest BCUT2D eigenvalue weighted by molar-refractivity contribution is 6.40. The van der Waals surface area contributed by atoms with Gasteiger partial charge in [0.05, 0.1) is 31.4 Å². The van der Waals surface area contributed by atoms with Crippen LogP contribution in [-0.2, 0) is 63.2 Å². The lowest BCUT2D eigenvalue weighted by Crippen LogP contribution is -2.23. The van der Waals surface area contributed by atoms with E-state index in [1.807, 2.05) is 115 Å². The van der Waals surface area contributed by atoms with Gasteiger partial charge in [0, 0.05) is 19.7 Å². The second kappa shape index (κ2) is 28.8. The fraction of sp³-hybridized carbons (Fsp3) is 0.349. The van der Waals surface area contributed by atoms with Crippen LogP contribution in [0.5, 0.6) is 0 Å². The third kappa shape index (κ3) is 21.2. The first-order chi connectivity index (χ1) is 27.0. The van der Waals surface area contributed by atoms with Crippen LogP contribution in [-0.4, -0.2) is 42.1 Å². The van der Waals surface area contributed by atoms with Gasteiger partial charge >= 0.3 is 12.2 Å². The molecule has 1 unspecified atom stereocenters. The Morgan fingerprint density at radius 2 is 1.13 bits per heavy atom. The Morgan fingerprint density at radius 3 is 1.53 bits per heavy atom. The van der Waals surface area contributed by atoms with Gasteiger partial charge in [-0.3, -0.25) is 0 Å². The Bertz CT molecular complexity index is 1600. The highest BCUT2D eigenvalue weighted by Crippen LogP contribution is 2.16. The molecule has 0 aliphatic carbocycles. The molecule has 1 fully saturated rings. The molecule has 0 aromatic heterocycles. The molecule has 2 heterocycles. The molecule has 55 heavy (non-hydrogen) atoms. The third-order valence-corrected chi connectivity index (χ3v) is 7.93. The number of nitrogens with one attached hydrogen (secondary N) is 2. The lowest BCUT2D eigenvalue weighted by molar-refractivity contribution is -0.168. The molecule has 4 aromatic rings. The molecule has 0 spiro atoms. The summed E-state index contributed by atoms with van der Waals surface area (Å²) in [5.74, 6) is 0. The van der Waals surface area contributed by atoms with Gasteiger partial charge < -0.3 is 39.4 Å². The lowest BCUT2D eigenvalue weighted by atomic mass is 10.1. The van der Waals surface area contributed by atoms with E-state index < -0.39 is 12.2 Å². The van der Waals surface area contributed by atoms with E-state index in [1.165, 1.54) is 12.8 Å².